The maximum absolute atomic E-state index is 14.3. The van der Waals surface area contributed by atoms with Crippen LogP contribution in [-0.2, 0) is 11.9 Å². The molecule has 0 bridgehead atoms. The van der Waals surface area contributed by atoms with Gasteiger partial charge in [-0.3, -0.25) is 4.79 Å². The van der Waals surface area contributed by atoms with Gasteiger partial charge < -0.3 is 10.2 Å². The van der Waals surface area contributed by atoms with E-state index in [0.717, 1.165) is 33.5 Å². The van der Waals surface area contributed by atoms with E-state index in [4.69, 9.17) is 4.84 Å². The summed E-state index contributed by atoms with van der Waals surface area (Å²) in [5.74, 6) is -1.19. The number of nitrogens with one attached hydrogen (secondary N) is 1. The van der Waals surface area contributed by atoms with Crippen molar-refractivity contribution in [1.29, 1.82) is 0 Å². The number of aromatic nitrogens is 2. The average Bonchev–Trinajstić information content (AvgIpc) is 3.03. The molecule has 0 saturated heterocycles. The van der Waals surface area contributed by atoms with Gasteiger partial charge in [-0.2, -0.15) is 9.49 Å². The number of hydrogen-bond donors (Lipinski definition) is 1. The van der Waals surface area contributed by atoms with Crippen LogP contribution < -0.4 is 5.32 Å². The van der Waals surface area contributed by atoms with Gasteiger partial charge in [0.25, 0.3) is 5.91 Å². The largest absolute Gasteiger partial charge is 0.393 e. The molecule has 162 valence electrons. The summed E-state index contributed by atoms with van der Waals surface area (Å²) < 4.78 is 15.3. The first-order chi connectivity index (χ1) is 14.8. The molecule has 3 rings (SSSR count). The number of amides is 1. The van der Waals surface area contributed by atoms with E-state index in [0.29, 0.717) is 11.4 Å². The molecule has 1 atom stereocenters. The number of rotatable bonds is 7. The third-order valence-electron chi connectivity index (χ3n) is 5.11. The molecule has 0 radical (unpaired) electrons. The number of anilines is 1. The van der Waals surface area contributed by atoms with Gasteiger partial charge >= 0.3 is 0 Å². The minimum atomic E-state index is -0.661. The fourth-order valence-electron chi connectivity index (χ4n) is 3.10. The van der Waals surface area contributed by atoms with E-state index in [1.165, 1.54) is 7.05 Å². The molecular formula is C24H27FN4O2. The highest BCUT2D eigenvalue weighted by Crippen LogP contribution is 2.29. The zero-order chi connectivity index (χ0) is 22.5. The lowest BCUT2D eigenvalue weighted by molar-refractivity contribution is 0.0699. The Bertz CT molecular complexity index is 1100. The van der Waals surface area contributed by atoms with E-state index < -0.39 is 11.9 Å². The van der Waals surface area contributed by atoms with E-state index in [1.54, 1.807) is 13.0 Å². The van der Waals surface area contributed by atoms with Crippen LogP contribution in [0, 0.1) is 12.9 Å². The van der Waals surface area contributed by atoms with Gasteiger partial charge in [0.15, 0.2) is 0 Å². The van der Waals surface area contributed by atoms with Crippen LogP contribution in [0.15, 0.2) is 53.7 Å². The van der Waals surface area contributed by atoms with Crippen molar-refractivity contribution >= 4 is 17.3 Å². The van der Waals surface area contributed by atoms with Gasteiger partial charge in [0.2, 0.25) is 5.95 Å². The van der Waals surface area contributed by atoms with Crippen LogP contribution in [0.4, 0.5) is 10.1 Å². The Morgan fingerprint density at radius 1 is 1.23 bits per heavy atom. The second-order valence-electron chi connectivity index (χ2n) is 7.45. The summed E-state index contributed by atoms with van der Waals surface area (Å²) >= 11 is 0. The van der Waals surface area contributed by atoms with Crippen molar-refractivity contribution in [2.75, 3.05) is 5.32 Å². The van der Waals surface area contributed by atoms with Gasteiger partial charge in [0, 0.05) is 18.3 Å². The number of para-hydroxylation sites is 1. The molecule has 0 aliphatic carbocycles. The van der Waals surface area contributed by atoms with Gasteiger partial charge in [-0.1, -0.05) is 54.5 Å². The lowest BCUT2D eigenvalue weighted by atomic mass is 10.0. The van der Waals surface area contributed by atoms with E-state index >= 15 is 0 Å². The van der Waals surface area contributed by atoms with Crippen molar-refractivity contribution in [2.45, 2.75) is 40.2 Å². The maximum atomic E-state index is 14.3. The van der Waals surface area contributed by atoms with Crippen LogP contribution in [0.3, 0.4) is 0 Å². The van der Waals surface area contributed by atoms with E-state index in [1.807, 2.05) is 63.2 Å². The number of benzene rings is 2. The number of carbonyl (C=O) groups excluding carboxylic acids is 1. The van der Waals surface area contributed by atoms with Crippen LogP contribution in [-0.4, -0.2) is 27.5 Å². The zero-order valence-electron chi connectivity index (χ0n) is 18.4. The molecule has 1 unspecified atom stereocenters. The molecule has 2 aromatic carbocycles. The van der Waals surface area contributed by atoms with Crippen molar-refractivity contribution < 1.29 is 14.0 Å². The molecule has 0 aliphatic rings. The Morgan fingerprint density at radius 3 is 2.52 bits per heavy atom. The Hall–Kier alpha value is -3.48. The molecule has 0 saturated carbocycles. The lowest BCUT2D eigenvalue weighted by Gasteiger charge is -2.12. The van der Waals surface area contributed by atoms with Crippen LogP contribution >= 0.6 is 0 Å². The normalized spacial score (nSPS) is 12.5. The summed E-state index contributed by atoms with van der Waals surface area (Å²) in [4.78, 5) is 18.2. The summed E-state index contributed by atoms with van der Waals surface area (Å²) in [7, 11) is 1.47. The molecule has 7 heteroatoms. The number of oxime groups is 1. The van der Waals surface area contributed by atoms with Crippen molar-refractivity contribution in [3.05, 3.63) is 71.3 Å². The zero-order valence-corrected chi connectivity index (χ0v) is 18.4. The molecule has 3 aromatic rings. The van der Waals surface area contributed by atoms with Crippen molar-refractivity contribution in [3.63, 3.8) is 0 Å². The molecule has 0 fully saturated rings. The number of carbonyl (C=O) groups is 1. The molecule has 31 heavy (non-hydrogen) atoms. The molecule has 1 heterocycles. The van der Waals surface area contributed by atoms with Gasteiger partial charge in [-0.15, -0.1) is 0 Å². The van der Waals surface area contributed by atoms with E-state index in [9.17, 15) is 9.18 Å². The van der Waals surface area contributed by atoms with Crippen LogP contribution in [0.1, 0.15) is 48.8 Å². The highest BCUT2D eigenvalue weighted by atomic mass is 19.1. The average molecular weight is 423 g/mol. The number of halogens is 1. The van der Waals surface area contributed by atoms with E-state index in [2.05, 4.69) is 15.6 Å². The topological polar surface area (TPSA) is 68.5 Å². The molecule has 1 amide bonds. The van der Waals surface area contributed by atoms with Gasteiger partial charge in [-0.25, -0.2) is 4.68 Å². The Morgan fingerprint density at radius 2 is 1.90 bits per heavy atom. The Kier molecular flexibility index (Phi) is 6.84. The number of hydrogen-bond acceptors (Lipinski definition) is 4. The van der Waals surface area contributed by atoms with Crippen LogP contribution in [0.2, 0.25) is 0 Å². The first kappa shape index (κ1) is 22.2. The minimum absolute atomic E-state index is 0.0548. The standard InChI is InChI=1S/C24H27FN4O2/c1-6-15(2)31-28-16(3)18-11-13-19(14-12-18)20-9-7-8-10-21(20)26-24(30)22-17(4)27-29(5)23(22)25/h7-15H,6H2,1-5H3,(H,26,30). The summed E-state index contributed by atoms with van der Waals surface area (Å²) in [5.41, 5.74) is 4.36. The Labute approximate surface area is 181 Å². The fraction of sp³-hybridized carbons (Fsp3) is 0.292. The SMILES string of the molecule is CCC(C)ON=C(C)c1ccc(-c2ccccc2NC(=O)c2c(C)nn(C)c2F)cc1. The molecule has 6 nitrogen and oxygen atoms in total. The number of nitrogens with zero attached hydrogens (tertiary/aromatic N) is 3. The summed E-state index contributed by atoms with van der Waals surface area (Å²) in [6.07, 6.45) is 0.957. The monoisotopic (exact) mass is 422 g/mol. The first-order valence-electron chi connectivity index (χ1n) is 10.2. The summed E-state index contributed by atoms with van der Waals surface area (Å²) in [5, 5.41) is 11.0. The van der Waals surface area contributed by atoms with Gasteiger partial charge in [-0.05, 0) is 44.4 Å². The van der Waals surface area contributed by atoms with Crippen molar-refractivity contribution in [3.8, 4) is 11.1 Å². The molecule has 0 spiro atoms. The fourth-order valence-corrected chi connectivity index (χ4v) is 3.10. The number of aryl methyl sites for hydroxylation is 2. The van der Waals surface area contributed by atoms with Crippen LogP contribution in [0.25, 0.3) is 11.1 Å². The molecule has 1 N–H and O–H groups in total. The lowest BCUT2D eigenvalue weighted by Crippen LogP contribution is -2.15. The molecular weight excluding hydrogens is 395 g/mol. The Balaban J connectivity index is 1.84. The smallest absolute Gasteiger partial charge is 0.262 e. The second kappa shape index (κ2) is 9.55. The second-order valence-corrected chi connectivity index (χ2v) is 7.45. The van der Waals surface area contributed by atoms with E-state index in [-0.39, 0.29) is 11.7 Å². The van der Waals surface area contributed by atoms with Gasteiger partial charge in [0.05, 0.1) is 11.4 Å². The third kappa shape index (κ3) is 4.99. The van der Waals surface area contributed by atoms with Crippen LogP contribution in [0.5, 0.6) is 0 Å². The maximum Gasteiger partial charge on any atom is 0.262 e. The molecule has 1 aromatic heterocycles. The highest BCUT2D eigenvalue weighted by molar-refractivity contribution is 6.07. The summed E-state index contributed by atoms with van der Waals surface area (Å²) in [6.45, 7) is 7.53. The molecule has 0 aliphatic heterocycles. The third-order valence-corrected chi connectivity index (χ3v) is 5.11. The quantitative estimate of drug-likeness (QED) is 0.414. The predicted molar refractivity (Wildman–Crippen MR) is 121 cm³/mol. The summed E-state index contributed by atoms with van der Waals surface area (Å²) in [6, 6.07) is 15.2. The highest BCUT2D eigenvalue weighted by Gasteiger charge is 2.21. The predicted octanol–water partition coefficient (Wildman–Crippen LogP) is 5.33. The minimum Gasteiger partial charge on any atom is -0.393 e. The van der Waals surface area contributed by atoms with Crippen molar-refractivity contribution in [1.82, 2.24) is 9.78 Å². The van der Waals surface area contributed by atoms with Crippen molar-refractivity contribution in [2.24, 2.45) is 12.2 Å². The first-order valence-corrected chi connectivity index (χ1v) is 10.2. The van der Waals surface area contributed by atoms with Gasteiger partial charge in [0.1, 0.15) is 11.7 Å².